The van der Waals surface area contributed by atoms with Gasteiger partial charge in [0.05, 0.1) is 54.4 Å². The maximum atomic E-state index is 13.3. The van der Waals surface area contributed by atoms with Crippen LogP contribution in [0.5, 0.6) is 0 Å². The first kappa shape index (κ1) is 78.0. The minimum atomic E-state index is -4.43. The summed E-state index contributed by atoms with van der Waals surface area (Å²) in [6.45, 7) is 4.44. The van der Waals surface area contributed by atoms with E-state index >= 15 is 0 Å². The predicted molar refractivity (Wildman–Crippen MR) is 397 cm³/mol. The van der Waals surface area contributed by atoms with E-state index in [1.165, 1.54) is 74.3 Å². The van der Waals surface area contributed by atoms with Gasteiger partial charge in [0.25, 0.3) is 33.9 Å². The number of anilines is 2. The van der Waals surface area contributed by atoms with E-state index in [0.717, 1.165) is 36.3 Å². The molecule has 1 aliphatic rings. The number of aromatic amines is 2. The second-order valence-corrected chi connectivity index (χ2v) is 24.8. The average molecular weight is 1650 g/mol. The van der Waals surface area contributed by atoms with Crippen LogP contribution in [0.2, 0.25) is 0 Å². The third-order valence-corrected chi connectivity index (χ3v) is 16.5. The van der Waals surface area contributed by atoms with Crippen LogP contribution >= 0.6 is 45.2 Å². The number of carbonyl (C=O) groups is 6. The zero-order chi connectivity index (χ0) is 76.9. The summed E-state index contributed by atoms with van der Waals surface area (Å²) >= 11 is 4.04. The highest BCUT2D eigenvalue weighted by Gasteiger charge is 2.38. The minimum absolute atomic E-state index is 0.0410. The van der Waals surface area contributed by atoms with Crippen molar-refractivity contribution in [3.05, 3.63) is 242 Å². The number of hydrogen-bond donors (Lipinski definition) is 7. The van der Waals surface area contributed by atoms with Crippen molar-refractivity contribution in [1.82, 2.24) is 54.3 Å². The Kier molecular flexibility index (Phi) is 27.1. The molecule has 0 radical (unpaired) electrons. The number of carboxylic acid groups (broad SMARTS) is 2. The van der Waals surface area contributed by atoms with Crippen molar-refractivity contribution in [3.8, 4) is 11.1 Å². The fourth-order valence-electron chi connectivity index (χ4n) is 9.92. The molecule has 27 nitrogen and oxygen atoms in total. The highest BCUT2D eigenvalue weighted by atomic mass is 127. The van der Waals surface area contributed by atoms with Crippen LogP contribution in [0, 0.1) is 7.14 Å². The Balaban J connectivity index is 0.000000203. The predicted octanol–water partition coefficient (Wildman–Crippen LogP) is 10.3. The Bertz CT molecular complexity index is 5420. The fourth-order valence-corrected chi connectivity index (χ4v) is 11.1. The molecule has 33 heteroatoms. The quantitative estimate of drug-likeness (QED) is 0.0208. The summed E-state index contributed by atoms with van der Waals surface area (Å²) in [6, 6.07) is 24.5. The molecule has 13 rings (SSSR count). The molecule has 0 saturated carbocycles. The number of esters is 2. The summed E-state index contributed by atoms with van der Waals surface area (Å²) in [7, 11) is 2.44. The largest absolute Gasteiger partial charge is 0.480 e. The molecule has 2 aromatic carbocycles. The van der Waals surface area contributed by atoms with Crippen molar-refractivity contribution in [3.63, 3.8) is 0 Å². The number of ether oxygens (including phenoxy) is 2. The van der Waals surface area contributed by atoms with Gasteiger partial charge < -0.3 is 55.2 Å². The van der Waals surface area contributed by atoms with E-state index in [2.05, 4.69) is 60.0 Å². The number of cyclic esters (lactones) is 2. The van der Waals surface area contributed by atoms with E-state index in [1.807, 2.05) is 63.4 Å². The molecular weight excluding hydrogens is 1590 g/mol. The SMILES string of the molecule is CC1(C)OC(=O)CC(=O)O1.CC[C@@H](Nc1ccc(C(=O)N[C@@H](Cc2ccc(-c3cc4cnccc4n(C)c3=O)c3ncccc23)C(=O)O)cc1)C(F)(F)F.Cn1c(=O)c(I)cc2cnccc21.Nc1ccncc1C=O.O=C(O)c1cc2cnccc2[nH]c1=O.O=c1[nH]c2ccncc2cc1I.[2H]CF. The van der Waals surface area contributed by atoms with Crippen molar-refractivity contribution in [1.29, 1.82) is 0 Å². The molecule has 11 heterocycles. The van der Waals surface area contributed by atoms with Crippen molar-refractivity contribution < 1.29 is 67.4 Å². The van der Waals surface area contributed by atoms with Crippen LogP contribution in [-0.4, -0.2) is 126 Å². The highest BCUT2D eigenvalue weighted by molar-refractivity contribution is 14.1. The molecule has 1 aliphatic heterocycles. The van der Waals surface area contributed by atoms with Gasteiger partial charge in [-0.25, -0.2) is 9.59 Å². The fraction of sp³-hybridized carbons (Fsp3) is 0.183. The van der Waals surface area contributed by atoms with Crippen LogP contribution in [-0.2, 0) is 44.4 Å². The normalized spacial score (nSPS) is 12.6. The number of aromatic nitrogens is 10. The number of nitrogens with zero attached hydrogens (tertiary/aromatic N) is 8. The van der Waals surface area contributed by atoms with Gasteiger partial charge in [0.2, 0.25) is 0 Å². The molecule has 12 aromatic rings. The summed E-state index contributed by atoms with van der Waals surface area (Å²) in [5.74, 6) is -5.34. The summed E-state index contributed by atoms with van der Waals surface area (Å²) in [6.07, 6.45) is 13.4. The third kappa shape index (κ3) is 20.9. The maximum Gasteiger partial charge on any atom is 0.408 e. The van der Waals surface area contributed by atoms with Crippen LogP contribution in [0.1, 0.15) is 71.6 Å². The molecule has 2 atom stereocenters. The van der Waals surface area contributed by atoms with Crippen molar-refractivity contribution in [2.24, 2.45) is 14.1 Å². The number of rotatable bonds is 11. The first-order chi connectivity index (χ1) is 49.9. The molecule has 1 saturated heterocycles. The van der Waals surface area contributed by atoms with E-state index in [4.69, 9.17) is 12.2 Å². The lowest BCUT2D eigenvalue weighted by Crippen LogP contribution is -2.42. The summed E-state index contributed by atoms with van der Waals surface area (Å²) in [4.78, 5) is 144. The standard InChI is InChI=1S/C32H28F3N5O4.C9H7IN2O.C9H6N2O3.C8H5IN2O.C6H6N2O.C6H8O4.CH3F/c1-3-27(32(33,34)35)38-21-9-6-18(7-10-21)29(41)39-25(31(43)44)16-19-8-11-23(28-22(19)5-4-13-37-28)24-15-20-17-36-14-12-26(20)40(2)30(24)42;1-12-8-2-3-11-5-6(8)4-7(10)9(12)13;12-8-6(9(13)14)3-5-4-10-2-1-7(5)11-8;9-6-3-5-4-10-2-1-7(5)11-8(6)12;7-6-1-2-8-3-5(6)4-9;1-6(2)9-4(7)3-5(8)10-6;1-2/h4-15,17,25,27,38H,3,16H2,1-2H3,(H,39,41)(H,43,44);2-5H,1H3;1-4H,(H,11,12)(H,13,14);1-4H,(H,11,12);1-4H,(H2,7,8);3H2,1-2H3;1H3/t25-,27+;;;;;;/m0....../s1/i;;;;;;1D. The number of hydrogen-bond acceptors (Lipinski definition) is 20. The highest BCUT2D eigenvalue weighted by Crippen LogP contribution is 2.31. The third-order valence-electron chi connectivity index (χ3n) is 15.0. The maximum absolute atomic E-state index is 13.3. The lowest BCUT2D eigenvalue weighted by molar-refractivity contribution is -0.231. The molecule has 538 valence electrons. The van der Waals surface area contributed by atoms with Gasteiger partial charge in [-0.2, -0.15) is 13.2 Å². The monoisotopic (exact) mass is 1650 g/mol. The molecule has 0 unspecified atom stereocenters. The first-order valence-corrected chi connectivity index (χ1v) is 32.7. The van der Waals surface area contributed by atoms with Crippen molar-refractivity contribution in [2.45, 2.75) is 64.1 Å². The number of aldehydes is 1. The Hall–Kier alpha value is -11.8. The number of carboxylic acids is 2. The van der Waals surface area contributed by atoms with Crippen LogP contribution in [0.3, 0.4) is 0 Å². The van der Waals surface area contributed by atoms with Crippen LogP contribution in [0.4, 0.5) is 28.9 Å². The number of H-pyrrole nitrogens is 2. The molecule has 0 spiro atoms. The Labute approximate surface area is 614 Å². The molecule has 1 amide bonds. The van der Waals surface area contributed by atoms with Gasteiger partial charge in [-0.3, -0.25) is 72.7 Å². The van der Waals surface area contributed by atoms with Gasteiger partial charge in [-0.15, -0.1) is 0 Å². The van der Waals surface area contributed by atoms with Crippen LogP contribution in [0.25, 0.3) is 65.6 Å². The molecule has 0 aliphatic carbocycles. The lowest BCUT2D eigenvalue weighted by atomic mass is 9.95. The van der Waals surface area contributed by atoms with E-state index in [-0.39, 0.29) is 52.8 Å². The van der Waals surface area contributed by atoms with Crippen molar-refractivity contribution in [2.75, 3.05) is 18.2 Å². The number of alkyl halides is 4. The zero-order valence-electron chi connectivity index (χ0n) is 56.4. The Morgan fingerprint density at radius 1 is 0.702 bits per heavy atom. The summed E-state index contributed by atoms with van der Waals surface area (Å²) < 4.78 is 68.7. The molecular formula is C71H63F4I2N13O14. The van der Waals surface area contributed by atoms with Crippen LogP contribution < -0.4 is 38.6 Å². The van der Waals surface area contributed by atoms with E-state index in [0.29, 0.717) is 59.6 Å². The minimum Gasteiger partial charge on any atom is -0.480 e. The second-order valence-electron chi connectivity index (χ2n) is 22.4. The Morgan fingerprint density at radius 3 is 1.77 bits per heavy atom. The lowest BCUT2D eigenvalue weighted by Gasteiger charge is -2.28. The van der Waals surface area contributed by atoms with E-state index in [9.17, 15) is 70.6 Å². The molecule has 0 bridgehead atoms. The average Bonchev–Trinajstić information content (AvgIpc) is 0.761. The number of carbonyl (C=O) groups excluding carboxylic acids is 4. The van der Waals surface area contributed by atoms with Gasteiger partial charge in [-0.1, -0.05) is 25.1 Å². The van der Waals surface area contributed by atoms with Gasteiger partial charge in [-0.05, 0) is 142 Å². The number of aryl methyl sites for hydroxylation is 2. The van der Waals surface area contributed by atoms with E-state index < -0.39 is 66.5 Å². The first-order valence-electron chi connectivity index (χ1n) is 31.2. The number of amides is 1. The summed E-state index contributed by atoms with van der Waals surface area (Å²) in [5, 5.41) is 27.5. The van der Waals surface area contributed by atoms with E-state index in [1.54, 1.807) is 123 Å². The van der Waals surface area contributed by atoms with Gasteiger partial charge in [0.15, 0.2) is 6.29 Å². The van der Waals surface area contributed by atoms with Crippen LogP contribution in [0.15, 0.2) is 190 Å². The number of nitrogen functional groups attached to an aromatic ring is 1. The van der Waals surface area contributed by atoms with Gasteiger partial charge >= 0.3 is 30.1 Å². The molecule has 104 heavy (non-hydrogen) atoms. The number of halogens is 6. The number of aromatic carboxylic acids is 1. The molecule has 1 fully saturated rings. The van der Waals surface area contributed by atoms with Crippen molar-refractivity contribution >= 4 is 147 Å². The second kappa shape index (κ2) is 36.2. The van der Waals surface area contributed by atoms with Gasteiger partial charge in [0.1, 0.15) is 24.1 Å². The number of fused-ring (bicyclic) bond motifs is 5. The Morgan fingerprint density at radius 2 is 1.23 bits per heavy atom. The molecule has 10 aromatic heterocycles. The number of pyridine rings is 10. The number of aliphatic carboxylic acids is 1. The number of nitrogens with two attached hydrogens (primary N) is 1. The topological polar surface area (TPSA) is 398 Å². The number of nitrogens with one attached hydrogen (secondary N) is 4. The molecule has 8 N–H and O–H groups in total. The van der Waals surface area contributed by atoms with Gasteiger partial charge in [0, 0.05) is 152 Å². The number of benzene rings is 2. The zero-order valence-corrected chi connectivity index (χ0v) is 59.8. The summed E-state index contributed by atoms with van der Waals surface area (Å²) in [5.41, 5.74) is 10.5. The smallest absolute Gasteiger partial charge is 0.408 e.